The molecule has 2 rings (SSSR count). The van der Waals surface area contributed by atoms with E-state index in [4.69, 9.17) is 0 Å². The number of aliphatic hydroxyl groups excluding tert-OH is 1. The van der Waals surface area contributed by atoms with E-state index in [-0.39, 0.29) is 17.9 Å². The highest BCUT2D eigenvalue weighted by Crippen LogP contribution is 2.18. The van der Waals surface area contributed by atoms with Crippen LogP contribution in [0.2, 0.25) is 0 Å². The van der Waals surface area contributed by atoms with Crippen molar-refractivity contribution < 1.29 is 14.7 Å². The summed E-state index contributed by atoms with van der Waals surface area (Å²) in [7, 11) is 0. The predicted octanol–water partition coefficient (Wildman–Crippen LogP) is 2.35. The van der Waals surface area contributed by atoms with Crippen LogP contribution < -0.4 is 10.6 Å². The Hall–Kier alpha value is -2.14. The molecule has 0 aliphatic heterocycles. The number of rotatable bonds is 8. The standard InChI is InChI=1S/C21H30N2O3/c1-3-18(15(2)24)20(25)23-19(14-16-10-6-4-7-11-16)21(26)22-17-12-8-5-9-13-17/h3-4,6-7,10-11,15,17-19,24H,1,5,8-9,12-14H2,2H3,(H,22,26)(H,23,25). The third-order valence-corrected chi connectivity index (χ3v) is 4.94. The molecule has 5 nitrogen and oxygen atoms in total. The molecule has 1 aliphatic rings. The van der Waals surface area contributed by atoms with Crippen molar-refractivity contribution in [2.24, 2.45) is 5.92 Å². The van der Waals surface area contributed by atoms with Gasteiger partial charge in [0, 0.05) is 12.5 Å². The molecule has 5 heteroatoms. The molecule has 1 aromatic rings. The fourth-order valence-corrected chi connectivity index (χ4v) is 3.40. The van der Waals surface area contributed by atoms with Crippen molar-refractivity contribution in [2.45, 2.75) is 63.6 Å². The second-order valence-electron chi connectivity index (χ2n) is 7.10. The summed E-state index contributed by atoms with van der Waals surface area (Å²) in [6, 6.07) is 9.12. The first kappa shape index (κ1) is 20.2. The second kappa shape index (κ2) is 10.1. The number of aliphatic hydroxyl groups is 1. The zero-order valence-electron chi connectivity index (χ0n) is 15.5. The van der Waals surface area contributed by atoms with Crippen molar-refractivity contribution in [1.29, 1.82) is 0 Å². The normalized spacial score (nSPS) is 18.4. The van der Waals surface area contributed by atoms with Gasteiger partial charge in [-0.1, -0.05) is 55.7 Å². The van der Waals surface area contributed by atoms with Crippen LogP contribution in [0.1, 0.15) is 44.6 Å². The Morgan fingerprint density at radius 2 is 1.85 bits per heavy atom. The van der Waals surface area contributed by atoms with Gasteiger partial charge in [0.05, 0.1) is 12.0 Å². The molecule has 142 valence electrons. The first-order valence-corrected chi connectivity index (χ1v) is 9.46. The molecule has 26 heavy (non-hydrogen) atoms. The highest BCUT2D eigenvalue weighted by molar-refractivity contribution is 5.89. The van der Waals surface area contributed by atoms with Crippen molar-refractivity contribution in [3.63, 3.8) is 0 Å². The van der Waals surface area contributed by atoms with Crippen LogP contribution >= 0.6 is 0 Å². The van der Waals surface area contributed by atoms with E-state index < -0.39 is 18.1 Å². The number of nitrogens with one attached hydrogen (secondary N) is 2. The van der Waals surface area contributed by atoms with E-state index in [0.29, 0.717) is 6.42 Å². The van der Waals surface area contributed by atoms with Crippen LogP contribution in [0.25, 0.3) is 0 Å². The summed E-state index contributed by atoms with van der Waals surface area (Å²) in [6.07, 6.45) is 6.41. The van der Waals surface area contributed by atoms with Crippen molar-refractivity contribution in [2.75, 3.05) is 0 Å². The summed E-state index contributed by atoms with van der Waals surface area (Å²) in [5, 5.41) is 15.6. The van der Waals surface area contributed by atoms with Gasteiger partial charge in [0.15, 0.2) is 0 Å². The van der Waals surface area contributed by atoms with Gasteiger partial charge in [-0.25, -0.2) is 0 Å². The number of benzene rings is 1. The minimum absolute atomic E-state index is 0.164. The molecule has 1 saturated carbocycles. The van der Waals surface area contributed by atoms with E-state index in [9.17, 15) is 14.7 Å². The zero-order chi connectivity index (χ0) is 18.9. The van der Waals surface area contributed by atoms with Crippen LogP contribution in [0, 0.1) is 5.92 Å². The van der Waals surface area contributed by atoms with Crippen LogP contribution in [0.15, 0.2) is 43.0 Å². The number of amides is 2. The topological polar surface area (TPSA) is 78.4 Å². The Bertz CT molecular complexity index is 595. The summed E-state index contributed by atoms with van der Waals surface area (Å²) >= 11 is 0. The van der Waals surface area contributed by atoms with Gasteiger partial charge in [-0.15, -0.1) is 6.58 Å². The van der Waals surface area contributed by atoms with Gasteiger partial charge in [0.1, 0.15) is 6.04 Å². The molecule has 0 aromatic heterocycles. The Morgan fingerprint density at radius 1 is 1.19 bits per heavy atom. The molecule has 0 radical (unpaired) electrons. The van der Waals surface area contributed by atoms with E-state index in [1.165, 1.54) is 12.5 Å². The zero-order valence-corrected chi connectivity index (χ0v) is 15.5. The summed E-state index contributed by atoms with van der Waals surface area (Å²) in [5.41, 5.74) is 0.976. The third kappa shape index (κ3) is 5.99. The van der Waals surface area contributed by atoms with Gasteiger partial charge in [0.25, 0.3) is 0 Å². The quantitative estimate of drug-likeness (QED) is 0.624. The lowest BCUT2D eigenvalue weighted by Gasteiger charge is -2.27. The van der Waals surface area contributed by atoms with Gasteiger partial charge >= 0.3 is 0 Å². The second-order valence-corrected chi connectivity index (χ2v) is 7.10. The van der Waals surface area contributed by atoms with Crippen molar-refractivity contribution in [3.05, 3.63) is 48.6 Å². The van der Waals surface area contributed by atoms with Gasteiger partial charge in [-0.2, -0.15) is 0 Å². The Balaban J connectivity index is 2.08. The highest BCUT2D eigenvalue weighted by atomic mass is 16.3. The lowest BCUT2D eigenvalue weighted by molar-refractivity contribution is -0.132. The third-order valence-electron chi connectivity index (χ3n) is 4.94. The Kier molecular flexibility index (Phi) is 7.85. The van der Waals surface area contributed by atoms with Crippen molar-refractivity contribution in [1.82, 2.24) is 10.6 Å². The van der Waals surface area contributed by atoms with Crippen LogP contribution in [0.5, 0.6) is 0 Å². The maximum atomic E-state index is 12.8. The largest absolute Gasteiger partial charge is 0.392 e. The van der Waals surface area contributed by atoms with E-state index in [1.54, 1.807) is 6.92 Å². The molecule has 1 fully saturated rings. The lowest BCUT2D eigenvalue weighted by atomic mass is 9.94. The summed E-state index contributed by atoms with van der Waals surface area (Å²) < 4.78 is 0. The first-order chi connectivity index (χ1) is 12.5. The molecule has 3 atom stereocenters. The van der Waals surface area contributed by atoms with E-state index >= 15 is 0 Å². The molecular formula is C21H30N2O3. The fourth-order valence-electron chi connectivity index (χ4n) is 3.40. The molecule has 0 heterocycles. The average molecular weight is 358 g/mol. The van der Waals surface area contributed by atoms with Gasteiger partial charge in [-0.3, -0.25) is 9.59 Å². The number of carbonyl (C=O) groups is 2. The van der Waals surface area contributed by atoms with Crippen LogP contribution in [-0.4, -0.2) is 35.1 Å². The SMILES string of the molecule is C=CC(C(=O)NC(Cc1ccccc1)C(=O)NC1CCCCC1)C(C)O. The lowest BCUT2D eigenvalue weighted by Crippen LogP contribution is -2.52. The number of carbonyl (C=O) groups excluding carboxylic acids is 2. The van der Waals surface area contributed by atoms with E-state index in [0.717, 1.165) is 31.2 Å². The molecule has 0 spiro atoms. The maximum Gasteiger partial charge on any atom is 0.243 e. The first-order valence-electron chi connectivity index (χ1n) is 9.46. The molecule has 3 N–H and O–H groups in total. The molecular weight excluding hydrogens is 328 g/mol. The molecule has 1 aromatic carbocycles. The smallest absolute Gasteiger partial charge is 0.243 e. The summed E-state index contributed by atoms with van der Waals surface area (Å²) in [5.74, 6) is -1.28. The maximum absolute atomic E-state index is 12.8. The molecule has 0 bridgehead atoms. The summed E-state index contributed by atoms with van der Waals surface area (Å²) in [6.45, 7) is 5.15. The molecule has 1 aliphatic carbocycles. The van der Waals surface area contributed by atoms with E-state index in [2.05, 4.69) is 17.2 Å². The highest BCUT2D eigenvalue weighted by Gasteiger charge is 2.28. The molecule has 2 amide bonds. The fraction of sp³-hybridized carbons (Fsp3) is 0.524. The number of hydrogen-bond donors (Lipinski definition) is 3. The van der Waals surface area contributed by atoms with E-state index in [1.807, 2.05) is 30.3 Å². The van der Waals surface area contributed by atoms with Crippen molar-refractivity contribution >= 4 is 11.8 Å². The Labute approximate surface area is 155 Å². The van der Waals surface area contributed by atoms with Gasteiger partial charge in [-0.05, 0) is 25.3 Å². The van der Waals surface area contributed by atoms with Crippen LogP contribution in [0.4, 0.5) is 0 Å². The van der Waals surface area contributed by atoms with Crippen LogP contribution in [0.3, 0.4) is 0 Å². The predicted molar refractivity (Wildman–Crippen MR) is 102 cm³/mol. The summed E-state index contributed by atoms with van der Waals surface area (Å²) in [4.78, 5) is 25.3. The number of hydrogen-bond acceptors (Lipinski definition) is 3. The average Bonchev–Trinajstić information content (AvgIpc) is 2.63. The Morgan fingerprint density at radius 3 is 2.42 bits per heavy atom. The van der Waals surface area contributed by atoms with Gasteiger partial charge < -0.3 is 15.7 Å². The minimum Gasteiger partial charge on any atom is -0.392 e. The minimum atomic E-state index is -0.855. The van der Waals surface area contributed by atoms with Gasteiger partial charge in [0.2, 0.25) is 11.8 Å². The monoisotopic (exact) mass is 358 g/mol. The van der Waals surface area contributed by atoms with Crippen LogP contribution in [-0.2, 0) is 16.0 Å². The van der Waals surface area contributed by atoms with Crippen molar-refractivity contribution in [3.8, 4) is 0 Å². The molecule has 3 unspecified atom stereocenters. The molecule has 0 saturated heterocycles.